The van der Waals surface area contributed by atoms with Gasteiger partial charge in [-0.05, 0) is 30.7 Å². The van der Waals surface area contributed by atoms with Crippen LogP contribution in [0.25, 0.3) is 0 Å². The summed E-state index contributed by atoms with van der Waals surface area (Å²) in [6.45, 7) is 0.324. The number of hydrogen-bond donors (Lipinski definition) is 0. The monoisotopic (exact) mass is 381 g/mol. The van der Waals surface area contributed by atoms with Gasteiger partial charge in [0.25, 0.3) is 5.91 Å². The zero-order valence-corrected chi connectivity index (χ0v) is 14.6. The average molecular weight is 381 g/mol. The molecule has 7 heteroatoms. The first kappa shape index (κ1) is 19.2. The molecular weight excluding hydrogens is 362 g/mol. The summed E-state index contributed by atoms with van der Waals surface area (Å²) in [4.78, 5) is 13.7. The maximum absolute atomic E-state index is 13.6. The van der Waals surface area contributed by atoms with Crippen molar-refractivity contribution in [1.29, 1.82) is 0 Å². The lowest BCUT2D eigenvalue weighted by atomic mass is 9.90. The van der Waals surface area contributed by atoms with E-state index in [0.29, 0.717) is 19.0 Å². The van der Waals surface area contributed by atoms with Crippen LogP contribution >= 0.6 is 0 Å². The summed E-state index contributed by atoms with van der Waals surface area (Å²) in [5.41, 5.74) is 1.24. The molecule has 0 aromatic heterocycles. The van der Waals surface area contributed by atoms with Crippen LogP contribution in [-0.2, 0) is 11.2 Å². The lowest BCUT2D eigenvalue weighted by Crippen LogP contribution is -2.41. The lowest BCUT2D eigenvalue weighted by Gasteiger charge is -2.32. The third-order valence-electron chi connectivity index (χ3n) is 4.75. The van der Waals surface area contributed by atoms with Crippen LogP contribution < -0.4 is 4.74 Å². The number of rotatable bonds is 5. The van der Waals surface area contributed by atoms with E-state index in [1.54, 1.807) is 0 Å². The predicted molar refractivity (Wildman–Crippen MR) is 91.2 cm³/mol. The van der Waals surface area contributed by atoms with Gasteiger partial charge in [0.2, 0.25) is 11.6 Å². The molecule has 1 fully saturated rings. The van der Waals surface area contributed by atoms with E-state index in [0.717, 1.165) is 19.3 Å². The summed E-state index contributed by atoms with van der Waals surface area (Å²) in [6, 6.07) is 10.1. The van der Waals surface area contributed by atoms with E-state index in [1.807, 2.05) is 18.2 Å². The van der Waals surface area contributed by atoms with Crippen molar-refractivity contribution in [3.8, 4) is 5.75 Å². The smallest absolute Gasteiger partial charge is 0.260 e. The van der Waals surface area contributed by atoms with E-state index in [4.69, 9.17) is 4.74 Å². The summed E-state index contributed by atoms with van der Waals surface area (Å²) in [5.74, 6) is -7.68. The first-order chi connectivity index (χ1) is 13.0. The molecule has 27 heavy (non-hydrogen) atoms. The highest BCUT2D eigenvalue weighted by Crippen LogP contribution is 2.27. The van der Waals surface area contributed by atoms with Gasteiger partial charge < -0.3 is 9.64 Å². The van der Waals surface area contributed by atoms with Gasteiger partial charge in [-0.25, -0.2) is 8.78 Å². The Labute approximate surface area is 154 Å². The van der Waals surface area contributed by atoms with Crippen LogP contribution in [0.3, 0.4) is 0 Å². The highest BCUT2D eigenvalue weighted by atomic mass is 19.2. The molecule has 0 spiro atoms. The molecule has 1 heterocycles. The molecule has 144 valence electrons. The SMILES string of the molecule is O=C(COc1c(F)c(F)cc(F)c1F)N1CCC(Cc2ccccc2)CC1. The second-order valence-electron chi connectivity index (χ2n) is 6.60. The molecule has 2 aromatic carbocycles. The number of hydrogen-bond acceptors (Lipinski definition) is 2. The summed E-state index contributed by atoms with van der Waals surface area (Å²) in [7, 11) is 0. The Morgan fingerprint density at radius 2 is 1.59 bits per heavy atom. The number of nitrogens with zero attached hydrogens (tertiary/aromatic N) is 1. The Morgan fingerprint density at radius 3 is 2.19 bits per heavy atom. The van der Waals surface area contributed by atoms with Crippen molar-refractivity contribution in [3.63, 3.8) is 0 Å². The van der Waals surface area contributed by atoms with Gasteiger partial charge in [0.05, 0.1) is 0 Å². The van der Waals surface area contributed by atoms with Crippen molar-refractivity contribution < 1.29 is 27.1 Å². The molecule has 0 radical (unpaired) electrons. The molecule has 3 rings (SSSR count). The van der Waals surface area contributed by atoms with Crippen molar-refractivity contribution >= 4 is 5.91 Å². The van der Waals surface area contributed by atoms with Crippen molar-refractivity contribution in [2.75, 3.05) is 19.7 Å². The van der Waals surface area contributed by atoms with Crippen LogP contribution in [-0.4, -0.2) is 30.5 Å². The van der Waals surface area contributed by atoms with Crippen molar-refractivity contribution in [3.05, 3.63) is 65.2 Å². The molecule has 0 atom stereocenters. The summed E-state index contributed by atoms with van der Waals surface area (Å²) in [5, 5.41) is 0. The zero-order chi connectivity index (χ0) is 19.4. The molecule has 1 amide bonds. The van der Waals surface area contributed by atoms with Crippen LogP contribution in [0.2, 0.25) is 0 Å². The van der Waals surface area contributed by atoms with E-state index < -0.39 is 41.5 Å². The summed E-state index contributed by atoms with van der Waals surface area (Å²) in [6.07, 6.45) is 2.54. The van der Waals surface area contributed by atoms with E-state index in [9.17, 15) is 22.4 Å². The van der Waals surface area contributed by atoms with Crippen molar-refractivity contribution in [1.82, 2.24) is 4.90 Å². The Hall–Kier alpha value is -2.57. The Balaban J connectivity index is 1.52. The van der Waals surface area contributed by atoms with Gasteiger partial charge in [0.1, 0.15) is 0 Å². The van der Waals surface area contributed by atoms with Crippen LogP contribution in [0.5, 0.6) is 5.75 Å². The number of halogens is 4. The fourth-order valence-electron chi connectivity index (χ4n) is 3.24. The number of likely N-dealkylation sites (tertiary alicyclic amines) is 1. The molecule has 1 saturated heterocycles. The molecular formula is C20H19F4NO2. The normalized spacial score (nSPS) is 15.0. The Bertz CT molecular complexity index is 779. The molecule has 0 unspecified atom stereocenters. The minimum Gasteiger partial charge on any atom is -0.477 e. The van der Waals surface area contributed by atoms with Crippen LogP contribution in [0.1, 0.15) is 18.4 Å². The second-order valence-corrected chi connectivity index (χ2v) is 6.60. The minimum absolute atomic E-state index is 0.0941. The number of piperidine rings is 1. The largest absolute Gasteiger partial charge is 0.477 e. The fraction of sp³-hybridized carbons (Fsp3) is 0.350. The topological polar surface area (TPSA) is 29.5 Å². The number of carbonyl (C=O) groups is 1. The number of amides is 1. The molecule has 1 aliphatic rings. The standard InChI is InChI=1S/C20H19F4NO2/c21-15-11-16(22)19(24)20(18(15)23)27-12-17(26)25-8-6-14(7-9-25)10-13-4-2-1-3-5-13/h1-5,11,14H,6-10,12H2. The molecule has 0 aliphatic carbocycles. The molecule has 2 aromatic rings. The third-order valence-corrected chi connectivity index (χ3v) is 4.75. The maximum Gasteiger partial charge on any atom is 0.260 e. The maximum atomic E-state index is 13.6. The lowest BCUT2D eigenvalue weighted by molar-refractivity contribution is -0.134. The first-order valence-corrected chi connectivity index (χ1v) is 8.73. The van der Waals surface area contributed by atoms with Crippen molar-refractivity contribution in [2.45, 2.75) is 19.3 Å². The first-order valence-electron chi connectivity index (χ1n) is 8.73. The highest BCUT2D eigenvalue weighted by molar-refractivity contribution is 5.77. The summed E-state index contributed by atoms with van der Waals surface area (Å²) < 4.78 is 58.2. The Kier molecular flexibility index (Phi) is 5.98. The number of carbonyl (C=O) groups excluding carboxylic acids is 1. The van der Waals surface area contributed by atoms with Gasteiger partial charge in [0, 0.05) is 19.2 Å². The van der Waals surface area contributed by atoms with Gasteiger partial charge >= 0.3 is 0 Å². The van der Waals surface area contributed by atoms with Gasteiger partial charge in [-0.1, -0.05) is 30.3 Å². The van der Waals surface area contributed by atoms with Gasteiger partial charge in [-0.2, -0.15) is 8.78 Å². The third kappa shape index (κ3) is 4.59. The minimum atomic E-state index is -1.65. The van der Waals surface area contributed by atoms with E-state index in [1.165, 1.54) is 10.5 Å². The molecule has 0 N–H and O–H groups in total. The van der Waals surface area contributed by atoms with Crippen LogP contribution in [0.15, 0.2) is 36.4 Å². The van der Waals surface area contributed by atoms with E-state index in [2.05, 4.69) is 12.1 Å². The van der Waals surface area contributed by atoms with Gasteiger partial charge in [0.15, 0.2) is 24.0 Å². The second kappa shape index (κ2) is 8.41. The van der Waals surface area contributed by atoms with E-state index in [-0.39, 0.29) is 6.07 Å². The summed E-state index contributed by atoms with van der Waals surface area (Å²) >= 11 is 0. The van der Waals surface area contributed by atoms with Gasteiger partial charge in [-0.3, -0.25) is 4.79 Å². The number of ether oxygens (including phenoxy) is 1. The van der Waals surface area contributed by atoms with Gasteiger partial charge in [-0.15, -0.1) is 0 Å². The zero-order valence-electron chi connectivity index (χ0n) is 14.6. The molecule has 1 aliphatic heterocycles. The Morgan fingerprint density at radius 1 is 1.00 bits per heavy atom. The molecule has 0 saturated carbocycles. The quantitative estimate of drug-likeness (QED) is 0.576. The fourth-order valence-corrected chi connectivity index (χ4v) is 3.24. The van der Waals surface area contributed by atoms with E-state index >= 15 is 0 Å². The van der Waals surface area contributed by atoms with Crippen molar-refractivity contribution in [2.24, 2.45) is 5.92 Å². The average Bonchev–Trinajstić information content (AvgIpc) is 2.67. The van der Waals surface area contributed by atoms with Crippen LogP contribution in [0, 0.1) is 29.2 Å². The van der Waals surface area contributed by atoms with Crippen LogP contribution in [0.4, 0.5) is 17.6 Å². The highest BCUT2D eigenvalue weighted by Gasteiger charge is 2.25. The molecule has 3 nitrogen and oxygen atoms in total. The number of benzene rings is 2. The molecule has 0 bridgehead atoms. The predicted octanol–water partition coefficient (Wildman–Crippen LogP) is 4.10.